The number of nitrogens with zero attached hydrogens (tertiary/aromatic N) is 1. The molecular formula is C33H32N+. The third kappa shape index (κ3) is 2.89. The van der Waals surface area contributed by atoms with E-state index in [1.807, 2.05) is 0 Å². The molecule has 0 N–H and O–H groups in total. The van der Waals surface area contributed by atoms with Gasteiger partial charge in [0.2, 0.25) is 5.69 Å². The molecule has 168 valence electrons. The summed E-state index contributed by atoms with van der Waals surface area (Å²) < 4.78 is 2.37. The molecule has 0 saturated heterocycles. The van der Waals surface area contributed by atoms with Crippen molar-refractivity contribution in [3.05, 3.63) is 100 Å². The molecule has 3 aliphatic rings. The number of fused-ring (bicyclic) bond motifs is 7. The van der Waals surface area contributed by atoms with Crippen LogP contribution in [0.25, 0.3) is 33.5 Å². The number of hydrogen-bond donors (Lipinski definition) is 0. The predicted molar refractivity (Wildman–Crippen MR) is 140 cm³/mol. The van der Waals surface area contributed by atoms with Crippen LogP contribution in [0.1, 0.15) is 71.4 Å². The quantitative estimate of drug-likeness (QED) is 0.242. The van der Waals surface area contributed by atoms with Crippen molar-refractivity contribution in [1.29, 1.82) is 0 Å². The van der Waals surface area contributed by atoms with E-state index in [9.17, 15) is 0 Å². The van der Waals surface area contributed by atoms with E-state index in [0.717, 1.165) is 18.8 Å². The van der Waals surface area contributed by atoms with Gasteiger partial charge in [0.1, 0.15) is 7.05 Å². The summed E-state index contributed by atoms with van der Waals surface area (Å²) in [4.78, 5) is 0. The van der Waals surface area contributed by atoms with Gasteiger partial charge in [-0.2, -0.15) is 0 Å². The summed E-state index contributed by atoms with van der Waals surface area (Å²) in [7, 11) is 2.23. The SMILES string of the molecule is Cc1c2c(c3c(c1-c1cc(C4CCCCC4)cc[n+]1C)Cc1ccccc1-3)-c1ccccc1C2. The summed E-state index contributed by atoms with van der Waals surface area (Å²) >= 11 is 0. The molecule has 3 aliphatic carbocycles. The second-order valence-electron chi connectivity index (χ2n) is 10.7. The largest absolute Gasteiger partial charge is 0.213 e. The molecule has 1 nitrogen and oxygen atoms in total. The molecule has 4 aromatic rings. The molecule has 1 aromatic heterocycles. The van der Waals surface area contributed by atoms with E-state index in [0.29, 0.717) is 0 Å². The van der Waals surface area contributed by atoms with Gasteiger partial charge < -0.3 is 0 Å². The second-order valence-corrected chi connectivity index (χ2v) is 10.7. The normalized spacial score (nSPS) is 16.2. The van der Waals surface area contributed by atoms with Crippen molar-refractivity contribution < 1.29 is 4.57 Å². The van der Waals surface area contributed by atoms with Crippen LogP contribution in [-0.2, 0) is 19.9 Å². The second kappa shape index (κ2) is 7.67. The van der Waals surface area contributed by atoms with Gasteiger partial charge in [-0.25, -0.2) is 4.57 Å². The maximum Gasteiger partial charge on any atom is 0.213 e. The molecule has 0 spiro atoms. The average Bonchev–Trinajstić information content (AvgIpc) is 3.44. The number of hydrogen-bond acceptors (Lipinski definition) is 0. The lowest BCUT2D eigenvalue weighted by Gasteiger charge is -2.22. The lowest BCUT2D eigenvalue weighted by Crippen LogP contribution is -2.31. The van der Waals surface area contributed by atoms with Gasteiger partial charge in [-0.1, -0.05) is 67.8 Å². The van der Waals surface area contributed by atoms with Gasteiger partial charge in [-0.3, -0.25) is 0 Å². The van der Waals surface area contributed by atoms with Gasteiger partial charge in [0.05, 0.1) is 5.56 Å². The first-order valence-corrected chi connectivity index (χ1v) is 13.1. The molecular weight excluding hydrogens is 410 g/mol. The van der Waals surface area contributed by atoms with Gasteiger partial charge in [0, 0.05) is 12.1 Å². The first-order valence-electron chi connectivity index (χ1n) is 13.1. The van der Waals surface area contributed by atoms with E-state index in [1.165, 1.54) is 93.4 Å². The van der Waals surface area contributed by atoms with E-state index in [1.54, 1.807) is 5.56 Å². The third-order valence-electron chi connectivity index (χ3n) is 8.80. The summed E-state index contributed by atoms with van der Waals surface area (Å²) in [6.07, 6.45) is 11.2. The third-order valence-corrected chi connectivity index (χ3v) is 8.80. The number of aryl methyl sites for hydroxylation is 1. The Labute approximate surface area is 203 Å². The Morgan fingerprint density at radius 3 is 2.03 bits per heavy atom. The van der Waals surface area contributed by atoms with E-state index in [2.05, 4.69) is 85.4 Å². The maximum atomic E-state index is 2.54. The first kappa shape index (κ1) is 20.2. The molecule has 0 amide bonds. The highest BCUT2D eigenvalue weighted by atomic mass is 14.9. The van der Waals surface area contributed by atoms with Crippen molar-refractivity contribution >= 4 is 0 Å². The Balaban J connectivity index is 1.51. The van der Waals surface area contributed by atoms with Crippen LogP contribution in [0.5, 0.6) is 0 Å². The van der Waals surface area contributed by atoms with E-state index < -0.39 is 0 Å². The van der Waals surface area contributed by atoms with Gasteiger partial charge in [-0.15, -0.1) is 0 Å². The van der Waals surface area contributed by atoms with E-state index in [4.69, 9.17) is 0 Å². The van der Waals surface area contributed by atoms with Crippen molar-refractivity contribution in [3.8, 4) is 33.5 Å². The Hall–Kier alpha value is -3.19. The lowest BCUT2D eigenvalue weighted by atomic mass is 9.82. The molecule has 0 unspecified atom stereocenters. The Morgan fingerprint density at radius 2 is 1.32 bits per heavy atom. The van der Waals surface area contributed by atoms with Crippen LogP contribution in [0, 0.1) is 6.92 Å². The Kier molecular flexibility index (Phi) is 4.56. The topological polar surface area (TPSA) is 3.88 Å². The van der Waals surface area contributed by atoms with Crippen molar-refractivity contribution in [3.63, 3.8) is 0 Å². The lowest BCUT2D eigenvalue weighted by molar-refractivity contribution is -0.660. The zero-order valence-corrected chi connectivity index (χ0v) is 20.3. The van der Waals surface area contributed by atoms with Crippen LogP contribution in [0.3, 0.4) is 0 Å². The molecule has 3 aromatic carbocycles. The predicted octanol–water partition coefficient (Wildman–Crippen LogP) is 7.68. The summed E-state index contributed by atoms with van der Waals surface area (Å²) in [5.74, 6) is 0.720. The first-order chi connectivity index (χ1) is 16.7. The van der Waals surface area contributed by atoms with Gasteiger partial charge in [0.15, 0.2) is 6.20 Å². The molecule has 0 radical (unpaired) electrons. The van der Waals surface area contributed by atoms with Crippen LogP contribution < -0.4 is 4.57 Å². The van der Waals surface area contributed by atoms with Crippen molar-refractivity contribution in [2.45, 2.75) is 57.8 Å². The molecule has 1 heterocycles. The fraction of sp³-hybridized carbons (Fsp3) is 0.303. The van der Waals surface area contributed by atoms with Crippen molar-refractivity contribution in [2.75, 3.05) is 0 Å². The zero-order valence-electron chi connectivity index (χ0n) is 20.3. The van der Waals surface area contributed by atoms with E-state index in [-0.39, 0.29) is 0 Å². The smallest absolute Gasteiger partial charge is 0.201 e. The molecule has 7 rings (SSSR count). The van der Waals surface area contributed by atoms with Crippen LogP contribution in [0.15, 0.2) is 66.9 Å². The fourth-order valence-corrected chi connectivity index (χ4v) is 7.07. The van der Waals surface area contributed by atoms with Gasteiger partial charge in [-0.05, 0) is 94.2 Å². The number of pyridine rings is 1. The van der Waals surface area contributed by atoms with Crippen molar-refractivity contribution in [2.24, 2.45) is 7.05 Å². The summed E-state index contributed by atoms with van der Waals surface area (Å²) in [5, 5.41) is 0. The van der Waals surface area contributed by atoms with Crippen LogP contribution in [0.4, 0.5) is 0 Å². The zero-order chi connectivity index (χ0) is 22.8. The minimum Gasteiger partial charge on any atom is -0.201 e. The molecule has 0 aliphatic heterocycles. The van der Waals surface area contributed by atoms with Crippen LogP contribution in [0.2, 0.25) is 0 Å². The number of rotatable bonds is 2. The molecule has 1 fully saturated rings. The molecule has 1 saturated carbocycles. The Bertz CT molecular complexity index is 1450. The monoisotopic (exact) mass is 442 g/mol. The maximum absolute atomic E-state index is 2.54. The highest BCUT2D eigenvalue weighted by Gasteiger charge is 2.35. The number of aromatic nitrogens is 1. The van der Waals surface area contributed by atoms with Crippen LogP contribution >= 0.6 is 0 Å². The molecule has 1 heteroatoms. The molecule has 34 heavy (non-hydrogen) atoms. The minimum atomic E-state index is 0.720. The van der Waals surface area contributed by atoms with E-state index >= 15 is 0 Å². The summed E-state index contributed by atoms with van der Waals surface area (Å²) in [6.45, 7) is 2.39. The average molecular weight is 443 g/mol. The Morgan fingerprint density at radius 1 is 0.706 bits per heavy atom. The van der Waals surface area contributed by atoms with Crippen molar-refractivity contribution in [1.82, 2.24) is 0 Å². The van der Waals surface area contributed by atoms with Gasteiger partial charge >= 0.3 is 0 Å². The molecule has 0 atom stereocenters. The fourth-order valence-electron chi connectivity index (χ4n) is 7.07. The standard InChI is InChI=1S/C33H32N/c1-21-28-18-24-12-6-8-14-26(24)32(28)33-27-15-9-7-13-25(27)19-29(33)31(21)30-20-23(16-17-34(30)2)22-10-4-3-5-11-22/h6-9,12-17,20,22H,3-5,10-11,18-19H2,1-2H3/q+1. The van der Waals surface area contributed by atoms with Crippen LogP contribution in [-0.4, -0.2) is 0 Å². The minimum absolute atomic E-state index is 0.720. The summed E-state index contributed by atoms with van der Waals surface area (Å²) in [5.41, 5.74) is 17.8. The molecule has 0 bridgehead atoms. The summed E-state index contributed by atoms with van der Waals surface area (Å²) in [6, 6.07) is 23.1. The highest BCUT2D eigenvalue weighted by molar-refractivity contribution is 6.00. The highest BCUT2D eigenvalue weighted by Crippen LogP contribution is 2.53. The number of benzene rings is 3. The van der Waals surface area contributed by atoms with Gasteiger partial charge in [0.25, 0.3) is 0 Å².